The highest BCUT2D eigenvalue weighted by atomic mass is 19.1. The van der Waals surface area contributed by atoms with Crippen molar-refractivity contribution < 1.29 is 19.2 Å². The number of amides is 2. The summed E-state index contributed by atoms with van der Waals surface area (Å²) in [5, 5.41) is 11.5. The SMILES string of the molecule is O=C(/C=C/c1cnc(N[C@@H]2CCN(C(=O)C3CCCCC3)C2)c(F)c1)NO. The highest BCUT2D eigenvalue weighted by molar-refractivity contribution is 5.90. The first kappa shape index (κ1) is 19.3. The zero-order valence-electron chi connectivity index (χ0n) is 15.2. The molecular formula is C19H25FN4O3. The van der Waals surface area contributed by atoms with Crippen LogP contribution < -0.4 is 10.8 Å². The Hall–Kier alpha value is -2.48. The van der Waals surface area contributed by atoms with Crippen LogP contribution in [-0.2, 0) is 9.59 Å². The molecular weight excluding hydrogens is 351 g/mol. The van der Waals surface area contributed by atoms with E-state index in [2.05, 4.69) is 10.3 Å². The molecule has 1 aromatic rings. The van der Waals surface area contributed by atoms with Gasteiger partial charge >= 0.3 is 0 Å². The fourth-order valence-corrected chi connectivity index (χ4v) is 3.74. The summed E-state index contributed by atoms with van der Waals surface area (Å²) in [6.45, 7) is 1.25. The van der Waals surface area contributed by atoms with Gasteiger partial charge in [-0.25, -0.2) is 14.9 Å². The predicted molar refractivity (Wildman–Crippen MR) is 98.3 cm³/mol. The summed E-state index contributed by atoms with van der Waals surface area (Å²) in [4.78, 5) is 29.5. The van der Waals surface area contributed by atoms with Crippen molar-refractivity contribution in [1.82, 2.24) is 15.4 Å². The summed E-state index contributed by atoms with van der Waals surface area (Å²) in [5.41, 5.74) is 1.87. The normalized spacial score (nSPS) is 20.8. The van der Waals surface area contributed by atoms with Crippen LogP contribution in [0.1, 0.15) is 44.1 Å². The molecule has 7 nitrogen and oxygen atoms in total. The molecule has 1 saturated carbocycles. The summed E-state index contributed by atoms with van der Waals surface area (Å²) >= 11 is 0. The Balaban J connectivity index is 1.55. The van der Waals surface area contributed by atoms with Crippen molar-refractivity contribution in [3.8, 4) is 0 Å². The van der Waals surface area contributed by atoms with Crippen LogP contribution in [0.25, 0.3) is 6.08 Å². The Kier molecular flexibility index (Phi) is 6.39. The molecule has 0 unspecified atom stereocenters. The average molecular weight is 376 g/mol. The molecule has 0 aromatic carbocycles. The minimum Gasteiger partial charge on any atom is -0.363 e. The Morgan fingerprint density at radius 3 is 2.74 bits per heavy atom. The number of rotatable bonds is 5. The van der Waals surface area contributed by atoms with Crippen molar-refractivity contribution in [2.75, 3.05) is 18.4 Å². The van der Waals surface area contributed by atoms with Crippen molar-refractivity contribution in [1.29, 1.82) is 0 Å². The molecule has 0 spiro atoms. The smallest absolute Gasteiger partial charge is 0.267 e. The number of aromatic nitrogens is 1. The summed E-state index contributed by atoms with van der Waals surface area (Å²) in [5.74, 6) is -0.717. The van der Waals surface area contributed by atoms with E-state index in [1.165, 1.54) is 30.2 Å². The molecule has 2 amide bonds. The van der Waals surface area contributed by atoms with Gasteiger partial charge < -0.3 is 10.2 Å². The fraction of sp³-hybridized carbons (Fsp3) is 0.526. The van der Waals surface area contributed by atoms with Crippen LogP contribution in [0, 0.1) is 11.7 Å². The molecule has 27 heavy (non-hydrogen) atoms. The van der Waals surface area contributed by atoms with E-state index in [4.69, 9.17) is 5.21 Å². The lowest BCUT2D eigenvalue weighted by molar-refractivity contribution is -0.135. The number of anilines is 1. The van der Waals surface area contributed by atoms with Crippen molar-refractivity contribution in [2.24, 2.45) is 5.92 Å². The summed E-state index contributed by atoms with van der Waals surface area (Å²) in [6, 6.07) is 1.23. The molecule has 3 rings (SSSR count). The molecule has 1 aromatic heterocycles. The Morgan fingerprint density at radius 1 is 1.26 bits per heavy atom. The van der Waals surface area contributed by atoms with E-state index in [1.54, 1.807) is 0 Å². The number of carbonyl (C=O) groups excluding carboxylic acids is 2. The number of carbonyl (C=O) groups is 2. The molecule has 8 heteroatoms. The zero-order valence-corrected chi connectivity index (χ0v) is 15.2. The molecule has 0 radical (unpaired) electrons. The molecule has 2 fully saturated rings. The minimum absolute atomic E-state index is 0.0268. The Labute approximate surface area is 157 Å². The van der Waals surface area contributed by atoms with Crippen molar-refractivity contribution in [3.63, 3.8) is 0 Å². The first-order chi connectivity index (χ1) is 13.1. The highest BCUT2D eigenvalue weighted by Gasteiger charge is 2.31. The van der Waals surface area contributed by atoms with E-state index >= 15 is 0 Å². The summed E-state index contributed by atoms with van der Waals surface area (Å²) in [6.07, 6.45) is 10.1. The van der Waals surface area contributed by atoms with Gasteiger partial charge in [-0.3, -0.25) is 14.8 Å². The first-order valence-corrected chi connectivity index (χ1v) is 9.40. The van der Waals surface area contributed by atoms with Crippen LogP contribution >= 0.6 is 0 Å². The molecule has 3 N–H and O–H groups in total. The molecule has 1 atom stereocenters. The maximum Gasteiger partial charge on any atom is 0.267 e. The lowest BCUT2D eigenvalue weighted by Crippen LogP contribution is -2.37. The number of hydrogen-bond acceptors (Lipinski definition) is 5. The van der Waals surface area contributed by atoms with Gasteiger partial charge in [0.25, 0.3) is 5.91 Å². The summed E-state index contributed by atoms with van der Waals surface area (Å²) < 4.78 is 14.3. The minimum atomic E-state index is -0.703. The second-order valence-electron chi connectivity index (χ2n) is 7.16. The molecule has 1 saturated heterocycles. The third-order valence-electron chi connectivity index (χ3n) is 5.19. The van der Waals surface area contributed by atoms with Crippen molar-refractivity contribution in [3.05, 3.63) is 29.7 Å². The lowest BCUT2D eigenvalue weighted by atomic mass is 9.88. The van der Waals surface area contributed by atoms with Crippen LogP contribution in [0.4, 0.5) is 10.2 Å². The molecule has 1 aliphatic heterocycles. The number of halogens is 1. The van der Waals surface area contributed by atoms with E-state index in [0.29, 0.717) is 18.7 Å². The van der Waals surface area contributed by atoms with Crippen LogP contribution in [0.2, 0.25) is 0 Å². The van der Waals surface area contributed by atoms with Crippen LogP contribution in [-0.4, -0.2) is 46.0 Å². The average Bonchev–Trinajstić information content (AvgIpc) is 3.16. The van der Waals surface area contributed by atoms with E-state index < -0.39 is 11.7 Å². The summed E-state index contributed by atoms with van der Waals surface area (Å²) in [7, 11) is 0. The predicted octanol–water partition coefficient (Wildman–Crippen LogP) is 2.33. The number of nitrogens with zero attached hydrogens (tertiary/aromatic N) is 2. The quantitative estimate of drug-likeness (QED) is 0.417. The van der Waals surface area contributed by atoms with E-state index in [1.807, 2.05) is 4.90 Å². The van der Waals surface area contributed by atoms with E-state index in [9.17, 15) is 14.0 Å². The highest BCUT2D eigenvalue weighted by Crippen LogP contribution is 2.27. The van der Waals surface area contributed by atoms with Gasteiger partial charge in [0.05, 0.1) is 0 Å². The fourth-order valence-electron chi connectivity index (χ4n) is 3.74. The number of hydrogen-bond donors (Lipinski definition) is 3. The van der Waals surface area contributed by atoms with Gasteiger partial charge in [0.2, 0.25) is 5.91 Å². The first-order valence-electron chi connectivity index (χ1n) is 9.40. The largest absolute Gasteiger partial charge is 0.363 e. The Morgan fingerprint density at radius 2 is 2.04 bits per heavy atom. The monoisotopic (exact) mass is 376 g/mol. The third kappa shape index (κ3) is 5.03. The van der Waals surface area contributed by atoms with Crippen LogP contribution in [0.3, 0.4) is 0 Å². The van der Waals surface area contributed by atoms with Gasteiger partial charge in [0.15, 0.2) is 11.6 Å². The van der Waals surface area contributed by atoms with Gasteiger partial charge in [-0.15, -0.1) is 0 Å². The third-order valence-corrected chi connectivity index (χ3v) is 5.19. The maximum absolute atomic E-state index is 14.3. The van der Waals surface area contributed by atoms with E-state index in [-0.39, 0.29) is 23.7 Å². The van der Waals surface area contributed by atoms with Crippen molar-refractivity contribution >= 4 is 23.7 Å². The van der Waals surface area contributed by atoms with E-state index in [0.717, 1.165) is 38.2 Å². The number of pyridine rings is 1. The second-order valence-corrected chi connectivity index (χ2v) is 7.16. The second kappa shape index (κ2) is 8.94. The van der Waals surface area contributed by atoms with Gasteiger partial charge in [0.1, 0.15) is 0 Å². The molecule has 0 bridgehead atoms. The van der Waals surface area contributed by atoms with Gasteiger partial charge in [-0.05, 0) is 37.0 Å². The molecule has 146 valence electrons. The Bertz CT molecular complexity index is 719. The maximum atomic E-state index is 14.3. The van der Waals surface area contributed by atoms with Crippen LogP contribution in [0.5, 0.6) is 0 Å². The molecule has 2 aliphatic rings. The van der Waals surface area contributed by atoms with Gasteiger partial charge in [0, 0.05) is 37.3 Å². The molecule has 1 aliphatic carbocycles. The zero-order chi connectivity index (χ0) is 19.2. The van der Waals surface area contributed by atoms with Crippen LogP contribution in [0.15, 0.2) is 18.3 Å². The van der Waals surface area contributed by atoms with Crippen molar-refractivity contribution in [2.45, 2.75) is 44.6 Å². The topological polar surface area (TPSA) is 94.6 Å². The van der Waals surface area contributed by atoms with Gasteiger partial charge in [-0.1, -0.05) is 19.3 Å². The molecule has 2 heterocycles. The number of hydroxylamine groups is 1. The standard InChI is InChI=1S/C19H25FN4O3/c20-16-10-13(6-7-17(25)23-27)11-21-18(16)22-15-8-9-24(12-15)19(26)14-4-2-1-3-5-14/h6-7,10-11,14-15,27H,1-5,8-9,12H2,(H,21,22)(H,23,25)/b7-6+/t15-/m1/s1. The van der Waals surface area contributed by atoms with Gasteiger partial charge in [-0.2, -0.15) is 0 Å². The number of likely N-dealkylation sites (tertiary alicyclic amines) is 1. The number of nitrogens with one attached hydrogen (secondary N) is 2. The lowest BCUT2D eigenvalue weighted by Gasteiger charge is -2.26.